The molecular formula is C64H72N10O10. The summed E-state index contributed by atoms with van der Waals surface area (Å²) in [7, 11) is 0. The zero-order valence-corrected chi connectivity index (χ0v) is 47.7. The normalized spacial score (nSPS) is 16.3. The molecule has 20 nitrogen and oxygen atoms in total. The predicted molar refractivity (Wildman–Crippen MR) is 312 cm³/mol. The molecule has 9 rings (SSSR count). The molecule has 84 heavy (non-hydrogen) atoms. The van der Waals surface area contributed by atoms with E-state index in [0.29, 0.717) is 22.8 Å². The first-order chi connectivity index (χ1) is 40.8. The monoisotopic (exact) mass is 1140 g/mol. The third-order valence-electron chi connectivity index (χ3n) is 14.2. The van der Waals surface area contributed by atoms with Gasteiger partial charge in [0.2, 0.25) is 35.4 Å². The first kappa shape index (κ1) is 60.9. The molecule has 6 amide bonds. The molecule has 0 unspecified atom stereocenters. The quantitative estimate of drug-likeness (QED) is 0.136. The molecule has 0 atom stereocenters. The molecule has 1 fully saturated rings. The van der Waals surface area contributed by atoms with E-state index in [4.69, 9.17) is 19.4 Å². The highest BCUT2D eigenvalue weighted by molar-refractivity contribution is 5.92. The average molecular weight is 1140 g/mol. The number of fused-ring (bicyclic) bond motifs is 20. The minimum Gasteiger partial charge on any atom is -0.465 e. The van der Waals surface area contributed by atoms with Gasteiger partial charge >= 0.3 is 11.9 Å². The minimum atomic E-state index is -0.645. The van der Waals surface area contributed by atoms with Crippen LogP contribution in [0.25, 0.3) is 11.4 Å². The summed E-state index contributed by atoms with van der Waals surface area (Å²) < 4.78 is 10.8. The molecule has 0 radical (unpaired) electrons. The maximum atomic E-state index is 15.2. The summed E-state index contributed by atoms with van der Waals surface area (Å²) in [4.78, 5) is 140. The average Bonchev–Trinajstić information content (AvgIpc) is 3.69. The van der Waals surface area contributed by atoms with E-state index in [1.54, 1.807) is 60.0 Å². The molecule has 0 aliphatic carbocycles. The van der Waals surface area contributed by atoms with E-state index < -0.39 is 86.7 Å². The first-order valence-electron chi connectivity index (χ1n) is 28.3. The summed E-state index contributed by atoms with van der Waals surface area (Å²) in [5, 5.41) is 0. The van der Waals surface area contributed by atoms with Crippen LogP contribution in [0.3, 0.4) is 0 Å². The number of benzene rings is 4. The second kappa shape index (κ2) is 30.8. The Bertz CT molecular complexity index is 2850. The Balaban J connectivity index is 1.30. The van der Waals surface area contributed by atoms with Crippen LogP contribution < -0.4 is 0 Å². The van der Waals surface area contributed by atoms with E-state index in [1.165, 1.54) is 29.4 Å². The molecule has 5 heterocycles. The Labute approximate surface area is 490 Å². The molecule has 438 valence electrons. The van der Waals surface area contributed by atoms with Crippen molar-refractivity contribution in [2.75, 3.05) is 91.8 Å². The molecule has 2 aromatic heterocycles. The predicted octanol–water partition coefficient (Wildman–Crippen LogP) is 4.67. The highest BCUT2D eigenvalue weighted by atomic mass is 16.5. The van der Waals surface area contributed by atoms with Gasteiger partial charge in [-0.3, -0.25) is 48.2 Å². The first-order valence-corrected chi connectivity index (χ1v) is 28.3. The van der Waals surface area contributed by atoms with Crippen LogP contribution in [-0.2, 0) is 87.1 Å². The second-order valence-electron chi connectivity index (χ2n) is 20.6. The number of ether oxygens (including phenoxy) is 2. The van der Waals surface area contributed by atoms with Crippen molar-refractivity contribution in [2.24, 2.45) is 0 Å². The number of hydrogen-bond acceptors (Lipinski definition) is 14. The standard InChI is InChI=1S/C64H72N10O10/c1-3-83-63(81)47-67-39-53-27-17-29-55(65-53)56-30-18-28-54(66-56)40-68(48-64(82)84-4-2)42-58(76)74-45-61(79)71(37-51-23-13-7-14-24-51)33-31-69(35-49-19-9-5-10-20-49)59(77)43-73(57(75)41-67)44-60(78)70(36-50-21-11-6-12-22-50)32-34-72(62(80)46-74)38-52-25-15-8-16-26-52/h5-30H,3-4,31-48H2,1-2H3. The molecule has 20 heteroatoms. The second-order valence-corrected chi connectivity index (χ2v) is 20.6. The van der Waals surface area contributed by atoms with Crippen molar-refractivity contribution < 1.29 is 47.8 Å². The molecule has 0 saturated carbocycles. The zero-order valence-electron chi connectivity index (χ0n) is 47.7. The smallest absolute Gasteiger partial charge is 0.320 e. The summed E-state index contributed by atoms with van der Waals surface area (Å²) in [6, 6.07) is 47.5. The Morgan fingerprint density at radius 2 is 0.643 bits per heavy atom. The molecule has 0 spiro atoms. The van der Waals surface area contributed by atoms with Crippen molar-refractivity contribution in [1.82, 2.24) is 49.2 Å². The van der Waals surface area contributed by atoms with E-state index in [0.717, 1.165) is 22.3 Å². The molecule has 6 bridgehead atoms. The van der Waals surface area contributed by atoms with Crippen molar-refractivity contribution in [2.45, 2.75) is 53.1 Å². The lowest BCUT2D eigenvalue weighted by molar-refractivity contribution is -0.150. The van der Waals surface area contributed by atoms with Crippen LogP contribution in [-0.4, -0.2) is 188 Å². The van der Waals surface area contributed by atoms with Gasteiger partial charge in [0.05, 0.1) is 62.2 Å². The van der Waals surface area contributed by atoms with E-state index >= 15 is 28.8 Å². The zero-order chi connectivity index (χ0) is 59.2. The summed E-state index contributed by atoms with van der Waals surface area (Å²) in [5.74, 6) is -4.64. The third-order valence-corrected chi connectivity index (χ3v) is 14.2. The number of hydrogen-bond donors (Lipinski definition) is 0. The fraction of sp³-hybridized carbons (Fsp3) is 0.344. The summed E-state index contributed by atoms with van der Waals surface area (Å²) in [6.45, 7) is -0.468. The van der Waals surface area contributed by atoms with Gasteiger partial charge in [-0.2, -0.15) is 0 Å². The molecule has 1 saturated heterocycles. The number of aromatic nitrogens is 2. The number of carbonyl (C=O) groups is 8. The van der Waals surface area contributed by atoms with E-state index in [2.05, 4.69) is 0 Å². The Kier molecular flexibility index (Phi) is 22.3. The topological polar surface area (TPSA) is 207 Å². The minimum absolute atomic E-state index is 0.0451. The van der Waals surface area contributed by atoms with E-state index in [9.17, 15) is 9.59 Å². The lowest BCUT2D eigenvalue weighted by Crippen LogP contribution is -2.54. The van der Waals surface area contributed by atoms with Crippen LogP contribution >= 0.6 is 0 Å². The van der Waals surface area contributed by atoms with Gasteiger partial charge in [0, 0.05) is 65.4 Å². The van der Waals surface area contributed by atoms with Crippen molar-refractivity contribution in [3.63, 3.8) is 0 Å². The number of pyridine rings is 2. The van der Waals surface area contributed by atoms with E-state index in [-0.39, 0.29) is 91.8 Å². The molecule has 4 aromatic carbocycles. The van der Waals surface area contributed by atoms with E-state index in [1.807, 2.05) is 121 Å². The largest absolute Gasteiger partial charge is 0.465 e. The van der Waals surface area contributed by atoms with Gasteiger partial charge in [0.1, 0.15) is 26.2 Å². The molecule has 0 N–H and O–H groups in total. The van der Waals surface area contributed by atoms with Gasteiger partial charge in [0.25, 0.3) is 0 Å². The maximum absolute atomic E-state index is 15.2. The number of rotatable bonds is 14. The Hall–Kier alpha value is -9.14. The van der Waals surface area contributed by atoms with Crippen LogP contribution in [0.4, 0.5) is 0 Å². The van der Waals surface area contributed by atoms with Crippen molar-refractivity contribution in [3.05, 3.63) is 191 Å². The summed E-state index contributed by atoms with van der Waals surface area (Å²) >= 11 is 0. The van der Waals surface area contributed by atoms with Gasteiger partial charge in [0.15, 0.2) is 0 Å². The lowest BCUT2D eigenvalue weighted by Gasteiger charge is -2.35. The molecule has 3 aliphatic heterocycles. The van der Waals surface area contributed by atoms with Gasteiger partial charge in [-0.25, -0.2) is 9.97 Å². The maximum Gasteiger partial charge on any atom is 0.320 e. The van der Waals surface area contributed by atoms with Crippen molar-refractivity contribution >= 4 is 47.4 Å². The van der Waals surface area contributed by atoms with Gasteiger partial charge in [-0.1, -0.05) is 133 Å². The van der Waals surface area contributed by atoms with Crippen LogP contribution in [0.2, 0.25) is 0 Å². The molecular weight excluding hydrogens is 1070 g/mol. The van der Waals surface area contributed by atoms with Gasteiger partial charge in [-0.05, 0) is 60.4 Å². The van der Waals surface area contributed by atoms with Crippen molar-refractivity contribution in [1.29, 1.82) is 0 Å². The lowest BCUT2D eigenvalue weighted by atomic mass is 10.2. The number of carbonyl (C=O) groups excluding carboxylic acids is 8. The third kappa shape index (κ3) is 18.4. The molecule has 6 aromatic rings. The Morgan fingerprint density at radius 3 is 0.917 bits per heavy atom. The number of nitrogens with zero attached hydrogens (tertiary/aromatic N) is 10. The van der Waals surface area contributed by atoms with Crippen molar-refractivity contribution in [3.8, 4) is 11.4 Å². The highest BCUT2D eigenvalue weighted by Crippen LogP contribution is 2.20. The number of amides is 6. The van der Waals surface area contributed by atoms with Crippen LogP contribution in [0, 0.1) is 0 Å². The van der Waals surface area contributed by atoms with Crippen LogP contribution in [0.5, 0.6) is 0 Å². The Morgan fingerprint density at radius 1 is 0.357 bits per heavy atom. The highest BCUT2D eigenvalue weighted by Gasteiger charge is 2.33. The van der Waals surface area contributed by atoms with Gasteiger partial charge < -0.3 is 38.9 Å². The summed E-state index contributed by atoms with van der Waals surface area (Å²) in [6.07, 6.45) is 0. The fourth-order valence-electron chi connectivity index (χ4n) is 9.96. The fourth-order valence-corrected chi connectivity index (χ4v) is 9.96. The van der Waals surface area contributed by atoms with Crippen LogP contribution in [0.1, 0.15) is 47.5 Å². The van der Waals surface area contributed by atoms with Gasteiger partial charge in [-0.15, -0.1) is 0 Å². The molecule has 3 aliphatic rings. The van der Waals surface area contributed by atoms with Crippen LogP contribution in [0.15, 0.2) is 158 Å². The number of esters is 2. The SMILES string of the molecule is CCOC(=O)CN1CC(=O)N2CC(=O)N(Cc3ccccc3)CCN(Cc3ccccc3)C(=O)CN(CC(=O)N(Cc3ccccc3)CCN(Cc3ccccc3)C(=O)C2)C(=O)CN(CC(=O)OCC)Cc2cccc(n2)-c2cccc(n2)C1. The summed E-state index contributed by atoms with van der Waals surface area (Å²) in [5.41, 5.74) is 4.81.